The molecule has 2 rings (SSSR count). The Morgan fingerprint density at radius 1 is 1.44 bits per heavy atom. The van der Waals surface area contributed by atoms with Crippen LogP contribution >= 0.6 is 0 Å². The smallest absolute Gasteiger partial charge is 0.136 e. The van der Waals surface area contributed by atoms with Gasteiger partial charge in [-0.25, -0.2) is 0 Å². The second kappa shape index (κ2) is 3.25. The quantitative estimate of drug-likeness (QED) is 0.669. The minimum absolute atomic E-state index is 0.0509. The molecule has 2 aliphatic carbocycles. The monoisotopic (exact) mass is 222 g/mol. The first-order valence-electron chi connectivity index (χ1n) is 5.81. The lowest BCUT2D eigenvalue weighted by molar-refractivity contribution is -0.129. The maximum absolute atomic E-state index is 11.9. The Bertz CT molecular complexity index is 369. The SMILES string of the molecule is CC(=O)C12CC(=O)CC1C(C=O)C(C)(C)C2. The summed E-state index contributed by atoms with van der Waals surface area (Å²) in [5, 5.41) is 0. The summed E-state index contributed by atoms with van der Waals surface area (Å²) in [6.45, 7) is 5.62. The van der Waals surface area contributed by atoms with Crippen LogP contribution in [0.25, 0.3) is 0 Å². The van der Waals surface area contributed by atoms with Crippen LogP contribution in [-0.4, -0.2) is 17.9 Å². The van der Waals surface area contributed by atoms with Gasteiger partial charge in [-0.05, 0) is 24.7 Å². The topological polar surface area (TPSA) is 51.2 Å². The van der Waals surface area contributed by atoms with Crippen LogP contribution in [0.1, 0.15) is 40.0 Å². The molecule has 0 radical (unpaired) electrons. The van der Waals surface area contributed by atoms with E-state index in [-0.39, 0.29) is 28.8 Å². The molecule has 0 amide bonds. The largest absolute Gasteiger partial charge is 0.303 e. The second-order valence-corrected chi connectivity index (χ2v) is 6.07. The third-order valence-electron chi connectivity index (χ3n) is 4.62. The minimum atomic E-state index is -0.536. The highest BCUT2D eigenvalue weighted by Crippen LogP contribution is 2.62. The predicted molar refractivity (Wildman–Crippen MR) is 58.8 cm³/mol. The summed E-state index contributed by atoms with van der Waals surface area (Å²) >= 11 is 0. The van der Waals surface area contributed by atoms with Gasteiger partial charge in [0.1, 0.15) is 17.9 Å². The van der Waals surface area contributed by atoms with Gasteiger partial charge >= 0.3 is 0 Å². The van der Waals surface area contributed by atoms with E-state index in [1.165, 1.54) is 0 Å². The molecule has 0 saturated heterocycles. The number of ketones is 2. The Labute approximate surface area is 95.6 Å². The molecule has 0 heterocycles. The molecular formula is C13H18O3. The van der Waals surface area contributed by atoms with Crippen molar-refractivity contribution in [3.8, 4) is 0 Å². The van der Waals surface area contributed by atoms with Gasteiger partial charge < -0.3 is 4.79 Å². The Kier molecular flexibility index (Phi) is 2.34. The van der Waals surface area contributed by atoms with E-state index in [4.69, 9.17) is 0 Å². The molecule has 16 heavy (non-hydrogen) atoms. The van der Waals surface area contributed by atoms with E-state index in [9.17, 15) is 14.4 Å². The molecule has 3 unspecified atom stereocenters. The van der Waals surface area contributed by atoms with E-state index >= 15 is 0 Å². The van der Waals surface area contributed by atoms with E-state index < -0.39 is 5.41 Å². The first kappa shape index (κ1) is 11.5. The van der Waals surface area contributed by atoms with E-state index in [0.717, 1.165) is 6.29 Å². The number of hydrogen-bond donors (Lipinski definition) is 0. The van der Waals surface area contributed by atoms with Crippen LogP contribution in [0.15, 0.2) is 0 Å². The van der Waals surface area contributed by atoms with Crippen molar-refractivity contribution in [2.75, 3.05) is 0 Å². The highest BCUT2D eigenvalue weighted by molar-refractivity contribution is 5.95. The average molecular weight is 222 g/mol. The van der Waals surface area contributed by atoms with Gasteiger partial charge in [-0.2, -0.15) is 0 Å². The zero-order chi connectivity index (χ0) is 12.1. The third kappa shape index (κ3) is 1.30. The lowest BCUT2D eigenvalue weighted by Gasteiger charge is -2.26. The zero-order valence-corrected chi connectivity index (χ0v) is 10.1. The minimum Gasteiger partial charge on any atom is -0.303 e. The summed E-state index contributed by atoms with van der Waals surface area (Å²) in [5.41, 5.74) is -0.690. The molecule has 2 saturated carbocycles. The molecule has 2 aliphatic rings. The van der Waals surface area contributed by atoms with Gasteiger partial charge in [0.05, 0.1) is 0 Å². The van der Waals surface area contributed by atoms with Crippen LogP contribution in [0.4, 0.5) is 0 Å². The summed E-state index contributed by atoms with van der Waals surface area (Å²) < 4.78 is 0. The third-order valence-corrected chi connectivity index (χ3v) is 4.62. The molecule has 0 bridgehead atoms. The van der Waals surface area contributed by atoms with Gasteiger partial charge in [0.2, 0.25) is 0 Å². The zero-order valence-electron chi connectivity index (χ0n) is 10.1. The summed E-state index contributed by atoms with van der Waals surface area (Å²) in [6.07, 6.45) is 2.39. The maximum Gasteiger partial charge on any atom is 0.136 e. The molecule has 0 N–H and O–H groups in total. The first-order chi connectivity index (χ1) is 7.33. The summed E-state index contributed by atoms with van der Waals surface area (Å²) in [4.78, 5) is 34.7. The molecule has 3 nitrogen and oxygen atoms in total. The summed E-state index contributed by atoms with van der Waals surface area (Å²) in [6, 6.07) is 0. The average Bonchev–Trinajstić information content (AvgIpc) is 2.52. The molecule has 0 aromatic rings. The van der Waals surface area contributed by atoms with Crippen LogP contribution in [-0.2, 0) is 14.4 Å². The predicted octanol–water partition coefficient (Wildman–Crippen LogP) is 1.79. The molecule has 0 aromatic carbocycles. The standard InChI is InChI=1S/C13H18O3/c1-8(15)13-5-9(16)4-10(13)11(6-14)12(2,3)7-13/h6,10-11H,4-5,7H2,1-3H3. The molecule has 3 heteroatoms. The van der Waals surface area contributed by atoms with Crippen LogP contribution in [0, 0.1) is 22.7 Å². The van der Waals surface area contributed by atoms with Gasteiger partial charge in [-0.3, -0.25) is 9.59 Å². The van der Waals surface area contributed by atoms with Crippen molar-refractivity contribution in [2.45, 2.75) is 40.0 Å². The highest BCUT2D eigenvalue weighted by Gasteiger charge is 2.63. The Morgan fingerprint density at radius 3 is 2.56 bits per heavy atom. The van der Waals surface area contributed by atoms with E-state index in [1.54, 1.807) is 6.92 Å². The van der Waals surface area contributed by atoms with Crippen molar-refractivity contribution in [3.05, 3.63) is 0 Å². The van der Waals surface area contributed by atoms with Crippen LogP contribution < -0.4 is 0 Å². The Hall–Kier alpha value is -0.990. The number of aldehydes is 1. The number of hydrogen-bond acceptors (Lipinski definition) is 3. The summed E-state index contributed by atoms with van der Waals surface area (Å²) in [5.74, 6) is 0.0242. The van der Waals surface area contributed by atoms with Crippen LogP contribution in [0.2, 0.25) is 0 Å². The normalized spacial score (nSPS) is 40.8. The van der Waals surface area contributed by atoms with Crippen LogP contribution in [0.3, 0.4) is 0 Å². The number of Topliss-reactive ketones (excluding diaryl/α,β-unsaturated/α-hetero) is 2. The Morgan fingerprint density at radius 2 is 2.06 bits per heavy atom. The van der Waals surface area contributed by atoms with Gasteiger partial charge in [0.25, 0.3) is 0 Å². The number of carbonyl (C=O) groups is 3. The van der Waals surface area contributed by atoms with Crippen molar-refractivity contribution in [1.82, 2.24) is 0 Å². The van der Waals surface area contributed by atoms with E-state index in [2.05, 4.69) is 0 Å². The van der Waals surface area contributed by atoms with Gasteiger partial charge in [0, 0.05) is 24.2 Å². The highest BCUT2D eigenvalue weighted by atomic mass is 16.1. The maximum atomic E-state index is 11.9. The lowest BCUT2D eigenvalue weighted by atomic mass is 9.75. The van der Waals surface area contributed by atoms with E-state index in [1.807, 2.05) is 13.8 Å². The molecule has 3 atom stereocenters. The van der Waals surface area contributed by atoms with Crippen molar-refractivity contribution >= 4 is 17.9 Å². The molecule has 2 fully saturated rings. The Balaban J connectivity index is 2.47. The van der Waals surface area contributed by atoms with Crippen molar-refractivity contribution < 1.29 is 14.4 Å². The molecule has 0 aromatic heterocycles. The van der Waals surface area contributed by atoms with Gasteiger partial charge in [-0.15, -0.1) is 0 Å². The number of rotatable bonds is 2. The molecular weight excluding hydrogens is 204 g/mol. The fraction of sp³-hybridized carbons (Fsp3) is 0.769. The molecule has 88 valence electrons. The van der Waals surface area contributed by atoms with Crippen LogP contribution in [0.5, 0.6) is 0 Å². The summed E-state index contributed by atoms with van der Waals surface area (Å²) in [7, 11) is 0. The van der Waals surface area contributed by atoms with E-state index in [0.29, 0.717) is 19.3 Å². The molecule has 0 aliphatic heterocycles. The first-order valence-corrected chi connectivity index (χ1v) is 5.81. The fourth-order valence-corrected chi connectivity index (χ4v) is 3.92. The van der Waals surface area contributed by atoms with Crippen molar-refractivity contribution in [2.24, 2.45) is 22.7 Å². The second-order valence-electron chi connectivity index (χ2n) is 6.07. The van der Waals surface area contributed by atoms with Crippen molar-refractivity contribution in [3.63, 3.8) is 0 Å². The van der Waals surface area contributed by atoms with Crippen molar-refractivity contribution in [1.29, 1.82) is 0 Å². The lowest BCUT2D eigenvalue weighted by Crippen LogP contribution is -2.30. The number of carbonyl (C=O) groups excluding carboxylic acids is 3. The number of fused-ring (bicyclic) bond motifs is 1. The van der Waals surface area contributed by atoms with Gasteiger partial charge in [0.15, 0.2) is 0 Å². The molecule has 0 spiro atoms. The van der Waals surface area contributed by atoms with Gasteiger partial charge in [-0.1, -0.05) is 13.8 Å². The fourth-order valence-electron chi connectivity index (χ4n) is 3.92.